The molecule has 11 nitrogen and oxygen atoms in total. The van der Waals surface area contributed by atoms with Crippen LogP contribution in [0.15, 0.2) is 84.9 Å². The van der Waals surface area contributed by atoms with E-state index in [9.17, 15) is 14.7 Å². The lowest BCUT2D eigenvalue weighted by Gasteiger charge is -2.39. The van der Waals surface area contributed by atoms with Gasteiger partial charge in [0.05, 0.1) is 6.04 Å². The molecule has 44 heavy (non-hydrogen) atoms. The van der Waals surface area contributed by atoms with E-state index in [1.165, 1.54) is 16.0 Å². The number of ether oxygens (including phenoxy) is 1. The van der Waals surface area contributed by atoms with Crippen LogP contribution in [0.4, 0.5) is 16.7 Å². The molecular formula is C32H34ClN7O4. The number of hydrogen-bond donors (Lipinski definition) is 2. The van der Waals surface area contributed by atoms with Crippen molar-refractivity contribution in [1.29, 1.82) is 0 Å². The zero-order chi connectivity index (χ0) is 31.1. The zero-order valence-corrected chi connectivity index (χ0v) is 25.3. The molecule has 1 fully saturated rings. The van der Waals surface area contributed by atoms with Gasteiger partial charge in [0.1, 0.15) is 11.8 Å². The van der Waals surface area contributed by atoms with Crippen LogP contribution < -0.4 is 15.0 Å². The minimum atomic E-state index is -1.08. The molecule has 0 saturated carbocycles. The quantitative estimate of drug-likeness (QED) is 0.261. The fraction of sp³-hybridized carbons (Fsp3) is 0.281. The van der Waals surface area contributed by atoms with Crippen LogP contribution in [0.2, 0.25) is 5.28 Å². The van der Waals surface area contributed by atoms with E-state index in [1.54, 1.807) is 38.4 Å². The third kappa shape index (κ3) is 7.80. The highest BCUT2D eigenvalue weighted by molar-refractivity contribution is 6.28. The van der Waals surface area contributed by atoms with Crippen LogP contribution in [0.1, 0.15) is 22.7 Å². The summed E-state index contributed by atoms with van der Waals surface area (Å²) in [7, 11) is 3.18. The maximum atomic E-state index is 12.1. The Hall–Kier alpha value is -4.74. The molecule has 12 heteroatoms. The topological polar surface area (TPSA) is 124 Å². The Morgan fingerprint density at radius 3 is 2.02 bits per heavy atom. The van der Waals surface area contributed by atoms with Crippen molar-refractivity contribution in [1.82, 2.24) is 24.8 Å². The van der Waals surface area contributed by atoms with Crippen LogP contribution in [0.3, 0.4) is 0 Å². The number of carboxylic acid groups (broad SMARTS) is 1. The summed E-state index contributed by atoms with van der Waals surface area (Å²) >= 11 is 6.28. The van der Waals surface area contributed by atoms with Gasteiger partial charge in [0, 0.05) is 46.7 Å². The molecule has 1 aliphatic rings. The Labute approximate surface area is 261 Å². The summed E-state index contributed by atoms with van der Waals surface area (Å²) in [6.45, 7) is 2.84. The first-order chi connectivity index (χ1) is 21.3. The monoisotopic (exact) mass is 615 g/mol. The number of benzene rings is 3. The van der Waals surface area contributed by atoms with E-state index in [4.69, 9.17) is 16.3 Å². The lowest BCUT2D eigenvalue weighted by Crippen LogP contribution is -2.48. The van der Waals surface area contributed by atoms with Crippen LogP contribution in [-0.4, -0.2) is 88.2 Å². The highest BCUT2D eigenvalue weighted by Crippen LogP contribution is 2.30. The average molecular weight is 616 g/mol. The first kappa shape index (κ1) is 30.7. The summed E-state index contributed by atoms with van der Waals surface area (Å²) in [6.07, 6.45) is -0.367. The first-order valence-corrected chi connectivity index (χ1v) is 14.6. The van der Waals surface area contributed by atoms with Crippen molar-refractivity contribution >= 4 is 35.6 Å². The van der Waals surface area contributed by atoms with Crippen molar-refractivity contribution in [2.75, 3.05) is 50.5 Å². The second-order valence-electron chi connectivity index (χ2n) is 10.6. The van der Waals surface area contributed by atoms with E-state index in [1.807, 2.05) is 17.0 Å². The summed E-state index contributed by atoms with van der Waals surface area (Å²) in [5.74, 6) is -0.245. The second kappa shape index (κ2) is 14.2. The normalized spacial score (nSPS) is 14.2. The van der Waals surface area contributed by atoms with E-state index in [2.05, 4.69) is 73.7 Å². The molecule has 3 aromatic carbocycles. The van der Waals surface area contributed by atoms with Gasteiger partial charge < -0.3 is 25.0 Å². The number of halogens is 1. The summed E-state index contributed by atoms with van der Waals surface area (Å²) < 4.78 is 5.23. The molecular weight excluding hydrogens is 582 g/mol. The Morgan fingerprint density at radius 2 is 1.48 bits per heavy atom. The molecule has 1 saturated heterocycles. The molecule has 4 aromatic rings. The maximum absolute atomic E-state index is 12.1. The maximum Gasteiger partial charge on any atom is 0.414 e. The van der Waals surface area contributed by atoms with Gasteiger partial charge in [0.25, 0.3) is 0 Å². The van der Waals surface area contributed by atoms with Gasteiger partial charge in [0.15, 0.2) is 0 Å². The highest BCUT2D eigenvalue weighted by Gasteiger charge is 2.28. The number of aromatic nitrogens is 3. The predicted octanol–water partition coefficient (Wildman–Crippen LogP) is 4.60. The smallest absolute Gasteiger partial charge is 0.414 e. The van der Waals surface area contributed by atoms with Gasteiger partial charge in [-0.15, -0.1) is 0 Å². The van der Waals surface area contributed by atoms with Gasteiger partial charge in [0.2, 0.25) is 17.2 Å². The molecule has 2 heterocycles. The molecule has 0 radical (unpaired) electrons. The number of rotatable bonds is 10. The summed E-state index contributed by atoms with van der Waals surface area (Å²) in [5.41, 5.74) is 3.17. The van der Waals surface area contributed by atoms with E-state index < -0.39 is 18.1 Å². The third-order valence-corrected chi connectivity index (χ3v) is 7.49. The van der Waals surface area contributed by atoms with Crippen LogP contribution in [0, 0.1) is 0 Å². The number of aliphatic carboxylic acids is 1. The molecule has 0 aliphatic carbocycles. The number of hydrogen-bond acceptors (Lipinski definition) is 9. The van der Waals surface area contributed by atoms with Crippen LogP contribution in [0.5, 0.6) is 5.75 Å². The van der Waals surface area contributed by atoms with Gasteiger partial charge in [-0.2, -0.15) is 15.0 Å². The number of carboxylic acids is 1. The van der Waals surface area contributed by atoms with Crippen molar-refractivity contribution in [3.8, 4) is 5.75 Å². The summed E-state index contributed by atoms with van der Waals surface area (Å²) in [5, 5.41) is 12.8. The van der Waals surface area contributed by atoms with Crippen molar-refractivity contribution in [3.05, 3.63) is 107 Å². The Bertz CT molecular complexity index is 1510. The fourth-order valence-corrected chi connectivity index (χ4v) is 5.24. The Kier molecular flexibility index (Phi) is 9.88. The van der Waals surface area contributed by atoms with Gasteiger partial charge in [-0.25, -0.2) is 9.59 Å². The van der Waals surface area contributed by atoms with E-state index in [-0.39, 0.29) is 23.7 Å². The predicted molar refractivity (Wildman–Crippen MR) is 168 cm³/mol. The number of amides is 1. The van der Waals surface area contributed by atoms with Gasteiger partial charge in [-0.1, -0.05) is 72.8 Å². The number of nitrogens with one attached hydrogen (secondary N) is 1. The van der Waals surface area contributed by atoms with Crippen molar-refractivity contribution < 1.29 is 19.4 Å². The van der Waals surface area contributed by atoms with Crippen LogP contribution in [-0.2, 0) is 11.2 Å². The number of carbonyl (C=O) groups is 2. The van der Waals surface area contributed by atoms with E-state index >= 15 is 0 Å². The molecule has 1 aliphatic heterocycles. The highest BCUT2D eigenvalue weighted by atomic mass is 35.5. The molecule has 0 unspecified atom stereocenters. The first-order valence-electron chi connectivity index (χ1n) is 14.2. The SMILES string of the molecule is CN(C)C(=O)Oc1ccc(C[C@H](Nc2nc(Cl)nc(N3CCN(C(c4ccccc4)c4ccccc4)CC3)n2)C(=O)O)cc1. The number of piperazine rings is 1. The number of carbonyl (C=O) groups excluding carboxylic acids is 1. The van der Waals surface area contributed by atoms with Crippen molar-refractivity contribution in [3.63, 3.8) is 0 Å². The molecule has 5 rings (SSSR count). The Balaban J connectivity index is 1.26. The van der Waals surface area contributed by atoms with Crippen molar-refractivity contribution in [2.24, 2.45) is 0 Å². The molecule has 1 aromatic heterocycles. The molecule has 1 amide bonds. The molecule has 2 N–H and O–H groups in total. The van der Waals surface area contributed by atoms with Crippen LogP contribution in [0.25, 0.3) is 0 Å². The van der Waals surface area contributed by atoms with Gasteiger partial charge in [-0.3, -0.25) is 4.90 Å². The van der Waals surface area contributed by atoms with Crippen LogP contribution >= 0.6 is 11.6 Å². The van der Waals surface area contributed by atoms with E-state index in [0.29, 0.717) is 24.8 Å². The van der Waals surface area contributed by atoms with Gasteiger partial charge >= 0.3 is 12.1 Å². The third-order valence-electron chi connectivity index (χ3n) is 7.32. The zero-order valence-electron chi connectivity index (χ0n) is 24.5. The Morgan fingerprint density at radius 1 is 0.886 bits per heavy atom. The summed E-state index contributed by atoms with van der Waals surface area (Å²) in [6, 6.07) is 26.6. The average Bonchev–Trinajstić information content (AvgIpc) is 3.03. The molecule has 228 valence electrons. The minimum Gasteiger partial charge on any atom is -0.480 e. The largest absolute Gasteiger partial charge is 0.480 e. The number of anilines is 2. The molecule has 1 atom stereocenters. The lowest BCUT2D eigenvalue weighted by atomic mass is 9.96. The lowest BCUT2D eigenvalue weighted by molar-refractivity contribution is -0.137. The van der Waals surface area contributed by atoms with E-state index in [0.717, 1.165) is 18.7 Å². The van der Waals surface area contributed by atoms with Crippen molar-refractivity contribution in [2.45, 2.75) is 18.5 Å². The summed E-state index contributed by atoms with van der Waals surface area (Å²) in [4.78, 5) is 42.7. The fourth-order valence-electron chi connectivity index (χ4n) is 5.09. The minimum absolute atomic E-state index is 0.0254. The standard InChI is InChI=1S/C32H34ClN7O4/c1-38(2)32(43)44-25-15-13-22(14-16-25)21-26(28(41)42)34-30-35-29(33)36-31(37-30)40-19-17-39(18-20-40)27(23-9-5-3-6-10-23)24-11-7-4-8-12-24/h3-16,26-27H,17-21H2,1-2H3,(H,41,42)(H,34,35,36,37)/t26-/m0/s1. The van der Waals surface area contributed by atoms with Gasteiger partial charge in [-0.05, 0) is 40.4 Å². The molecule has 0 spiro atoms. The molecule has 0 bridgehead atoms. The second-order valence-corrected chi connectivity index (χ2v) is 11.0. The number of nitrogens with zero attached hydrogens (tertiary/aromatic N) is 6.